The molecule has 0 bridgehead atoms. The second kappa shape index (κ2) is 6.28. The number of ether oxygens (including phenoxy) is 1. The van der Waals surface area contributed by atoms with Gasteiger partial charge < -0.3 is 10.1 Å². The lowest BCUT2D eigenvalue weighted by Gasteiger charge is -2.13. The molecule has 20 heavy (non-hydrogen) atoms. The molecule has 6 heteroatoms. The van der Waals surface area contributed by atoms with Gasteiger partial charge in [-0.1, -0.05) is 18.2 Å². The third kappa shape index (κ3) is 4.54. The molecular weight excluding hydrogens is 287 g/mol. The smallest absolute Gasteiger partial charge is 0.406 e. The van der Waals surface area contributed by atoms with E-state index in [0.717, 1.165) is 5.56 Å². The Morgan fingerprint density at radius 1 is 1.25 bits per heavy atom. The largest absolute Gasteiger partial charge is 0.573 e. The summed E-state index contributed by atoms with van der Waals surface area (Å²) in [5, 5.41) is 5.26. The highest BCUT2D eigenvalue weighted by Gasteiger charge is 2.31. The van der Waals surface area contributed by atoms with Gasteiger partial charge in [0, 0.05) is 17.5 Å². The molecular formula is C14H14F3NOS. The van der Waals surface area contributed by atoms with E-state index in [1.165, 1.54) is 17.0 Å². The van der Waals surface area contributed by atoms with Crippen LogP contribution in [0.3, 0.4) is 0 Å². The van der Waals surface area contributed by atoms with Gasteiger partial charge in [-0.3, -0.25) is 0 Å². The van der Waals surface area contributed by atoms with Crippen molar-refractivity contribution in [2.45, 2.75) is 25.9 Å². The zero-order valence-corrected chi connectivity index (χ0v) is 11.6. The van der Waals surface area contributed by atoms with Crippen LogP contribution in [0.25, 0.3) is 0 Å². The summed E-state index contributed by atoms with van der Waals surface area (Å²) < 4.78 is 40.3. The van der Waals surface area contributed by atoms with E-state index in [4.69, 9.17) is 0 Å². The highest BCUT2D eigenvalue weighted by molar-refractivity contribution is 7.10. The maximum atomic E-state index is 12.1. The average Bonchev–Trinajstić information content (AvgIpc) is 2.88. The third-order valence-electron chi connectivity index (χ3n) is 2.71. The molecule has 0 aliphatic rings. The van der Waals surface area contributed by atoms with Gasteiger partial charge in [0.2, 0.25) is 0 Å². The molecule has 0 saturated carbocycles. The Hall–Kier alpha value is -1.53. The highest BCUT2D eigenvalue weighted by atomic mass is 32.1. The molecule has 0 aliphatic carbocycles. The van der Waals surface area contributed by atoms with E-state index in [0.29, 0.717) is 6.54 Å². The van der Waals surface area contributed by atoms with Crippen molar-refractivity contribution < 1.29 is 17.9 Å². The molecule has 1 heterocycles. The molecule has 0 saturated heterocycles. The lowest BCUT2D eigenvalue weighted by Crippen LogP contribution is -2.18. The van der Waals surface area contributed by atoms with E-state index in [1.807, 2.05) is 24.4 Å². The minimum atomic E-state index is -4.66. The Morgan fingerprint density at radius 3 is 2.70 bits per heavy atom. The lowest BCUT2D eigenvalue weighted by atomic mass is 10.2. The minimum Gasteiger partial charge on any atom is -0.406 e. The molecule has 1 unspecified atom stereocenters. The molecule has 1 aromatic heterocycles. The number of benzene rings is 1. The fourth-order valence-corrected chi connectivity index (χ4v) is 2.52. The Kier molecular flexibility index (Phi) is 4.67. The van der Waals surface area contributed by atoms with Crippen molar-refractivity contribution in [1.82, 2.24) is 5.32 Å². The Labute approximate surface area is 119 Å². The Bertz CT molecular complexity index is 540. The maximum absolute atomic E-state index is 12.1. The van der Waals surface area contributed by atoms with Crippen molar-refractivity contribution in [3.63, 3.8) is 0 Å². The molecule has 1 N–H and O–H groups in total. The van der Waals surface area contributed by atoms with Crippen molar-refractivity contribution in [2.24, 2.45) is 0 Å². The summed E-state index contributed by atoms with van der Waals surface area (Å²) in [5.41, 5.74) is 0.746. The van der Waals surface area contributed by atoms with Gasteiger partial charge in [0.15, 0.2) is 0 Å². The monoisotopic (exact) mass is 301 g/mol. The molecule has 0 aliphatic heterocycles. The predicted octanol–water partition coefficient (Wildman–Crippen LogP) is 4.50. The molecule has 2 aromatic rings. The van der Waals surface area contributed by atoms with E-state index in [9.17, 15) is 13.2 Å². The molecule has 0 spiro atoms. The van der Waals surface area contributed by atoms with Crippen molar-refractivity contribution in [3.8, 4) is 5.75 Å². The first-order valence-electron chi connectivity index (χ1n) is 6.05. The van der Waals surface area contributed by atoms with Crippen LogP contribution in [-0.4, -0.2) is 6.36 Å². The molecule has 0 radical (unpaired) electrons. The molecule has 1 atom stereocenters. The average molecular weight is 301 g/mol. The number of nitrogens with one attached hydrogen (secondary N) is 1. The molecule has 0 fully saturated rings. The highest BCUT2D eigenvalue weighted by Crippen LogP contribution is 2.24. The van der Waals surface area contributed by atoms with Crippen LogP contribution in [-0.2, 0) is 6.54 Å². The van der Waals surface area contributed by atoms with Crippen LogP contribution in [0.5, 0.6) is 5.75 Å². The molecule has 108 valence electrons. The number of halogens is 3. The van der Waals surface area contributed by atoms with Crippen LogP contribution in [0.2, 0.25) is 0 Å². The van der Waals surface area contributed by atoms with Crippen LogP contribution >= 0.6 is 11.3 Å². The van der Waals surface area contributed by atoms with Gasteiger partial charge in [-0.05, 0) is 36.1 Å². The first kappa shape index (κ1) is 14.9. The topological polar surface area (TPSA) is 21.3 Å². The Morgan fingerprint density at radius 2 is 2.05 bits per heavy atom. The van der Waals surface area contributed by atoms with Crippen LogP contribution in [0.4, 0.5) is 13.2 Å². The van der Waals surface area contributed by atoms with Crippen LogP contribution in [0.1, 0.15) is 23.4 Å². The number of rotatable bonds is 5. The van der Waals surface area contributed by atoms with Gasteiger partial charge in [-0.15, -0.1) is 24.5 Å². The second-order valence-electron chi connectivity index (χ2n) is 4.31. The van der Waals surface area contributed by atoms with Crippen molar-refractivity contribution in [2.75, 3.05) is 0 Å². The van der Waals surface area contributed by atoms with Gasteiger partial charge in [0.25, 0.3) is 0 Å². The van der Waals surface area contributed by atoms with Crippen LogP contribution in [0, 0.1) is 0 Å². The summed E-state index contributed by atoms with van der Waals surface area (Å²) in [4.78, 5) is 1.19. The third-order valence-corrected chi connectivity index (χ3v) is 3.77. The zero-order chi connectivity index (χ0) is 14.6. The normalized spacial score (nSPS) is 13.2. The van der Waals surface area contributed by atoms with Gasteiger partial charge in [0.05, 0.1) is 0 Å². The molecule has 2 rings (SSSR count). The lowest BCUT2D eigenvalue weighted by molar-refractivity contribution is -0.274. The van der Waals surface area contributed by atoms with E-state index in [2.05, 4.69) is 10.1 Å². The van der Waals surface area contributed by atoms with E-state index < -0.39 is 6.36 Å². The summed E-state index contributed by atoms with van der Waals surface area (Å²) in [6.07, 6.45) is -4.66. The predicted molar refractivity (Wildman–Crippen MR) is 72.7 cm³/mol. The number of thiophene rings is 1. The quantitative estimate of drug-likeness (QED) is 0.878. The zero-order valence-electron chi connectivity index (χ0n) is 10.8. The number of alkyl halides is 3. The van der Waals surface area contributed by atoms with E-state index >= 15 is 0 Å². The fourth-order valence-electron chi connectivity index (χ4n) is 1.76. The van der Waals surface area contributed by atoms with Crippen molar-refractivity contribution in [1.29, 1.82) is 0 Å². The molecule has 1 aromatic carbocycles. The van der Waals surface area contributed by atoms with E-state index in [-0.39, 0.29) is 11.8 Å². The number of hydrogen-bond donors (Lipinski definition) is 1. The van der Waals surface area contributed by atoms with Crippen molar-refractivity contribution in [3.05, 3.63) is 52.2 Å². The van der Waals surface area contributed by atoms with Gasteiger partial charge in [-0.25, -0.2) is 0 Å². The maximum Gasteiger partial charge on any atom is 0.573 e. The first-order valence-corrected chi connectivity index (χ1v) is 6.93. The molecule has 0 amide bonds. The minimum absolute atomic E-state index is 0.155. The molecule has 2 nitrogen and oxygen atoms in total. The summed E-state index contributed by atoms with van der Waals surface area (Å²) in [5.74, 6) is -0.194. The number of hydrogen-bond acceptors (Lipinski definition) is 3. The standard InChI is InChI=1S/C14H14F3NOS/c1-10(13-6-3-7-20-13)18-9-11-4-2-5-12(8-11)19-14(15,16)17/h2-8,10,18H,9H2,1H3. The van der Waals surface area contributed by atoms with Gasteiger partial charge in [0.1, 0.15) is 5.75 Å². The summed E-state index contributed by atoms with van der Waals surface area (Å²) in [6, 6.07) is 10.1. The van der Waals surface area contributed by atoms with Crippen molar-refractivity contribution >= 4 is 11.3 Å². The fraction of sp³-hybridized carbons (Fsp3) is 0.286. The first-order chi connectivity index (χ1) is 9.44. The summed E-state index contributed by atoms with van der Waals surface area (Å²) in [7, 11) is 0. The van der Waals surface area contributed by atoms with Gasteiger partial charge >= 0.3 is 6.36 Å². The van der Waals surface area contributed by atoms with Crippen LogP contribution < -0.4 is 10.1 Å². The van der Waals surface area contributed by atoms with Gasteiger partial charge in [-0.2, -0.15) is 0 Å². The second-order valence-corrected chi connectivity index (χ2v) is 5.29. The Balaban J connectivity index is 1.94. The summed E-state index contributed by atoms with van der Waals surface area (Å²) >= 11 is 1.64. The van der Waals surface area contributed by atoms with Crippen LogP contribution in [0.15, 0.2) is 41.8 Å². The van der Waals surface area contributed by atoms with E-state index in [1.54, 1.807) is 23.5 Å². The SMILES string of the molecule is CC(NCc1cccc(OC(F)(F)F)c1)c1cccs1. The summed E-state index contributed by atoms with van der Waals surface area (Å²) in [6.45, 7) is 2.50.